The van der Waals surface area contributed by atoms with Crippen molar-refractivity contribution in [2.45, 2.75) is 13.0 Å². The van der Waals surface area contributed by atoms with Gasteiger partial charge in [0.05, 0.1) is 6.04 Å². The highest BCUT2D eigenvalue weighted by Gasteiger charge is 2.15. The normalized spacial score (nSPS) is 11.9. The fourth-order valence-corrected chi connectivity index (χ4v) is 2.14. The lowest BCUT2D eigenvalue weighted by Crippen LogP contribution is -2.26. The van der Waals surface area contributed by atoms with Crippen LogP contribution in [0.5, 0.6) is 0 Å². The third-order valence-electron chi connectivity index (χ3n) is 2.75. The van der Waals surface area contributed by atoms with Crippen LogP contribution in [0.4, 0.5) is 4.39 Å². The number of nitrogens with one attached hydrogen (secondary N) is 1. The van der Waals surface area contributed by atoms with Gasteiger partial charge in [-0.15, -0.1) is 0 Å². The predicted molar refractivity (Wildman–Crippen MR) is 76.2 cm³/mol. The van der Waals surface area contributed by atoms with Crippen molar-refractivity contribution in [3.05, 3.63) is 69.9 Å². The monoisotopic (exact) mass is 321 g/mol. The van der Waals surface area contributed by atoms with Crippen LogP contribution >= 0.6 is 15.9 Å². The van der Waals surface area contributed by atoms with E-state index in [1.165, 1.54) is 19.1 Å². The molecule has 1 N–H and O–H groups in total. The fourth-order valence-electron chi connectivity index (χ4n) is 1.87. The van der Waals surface area contributed by atoms with Crippen molar-refractivity contribution in [1.82, 2.24) is 5.32 Å². The summed E-state index contributed by atoms with van der Waals surface area (Å²) in [5.74, 6) is -0.418. The van der Waals surface area contributed by atoms with E-state index in [9.17, 15) is 9.18 Å². The molecule has 0 bridgehead atoms. The minimum absolute atomic E-state index is 0.128. The molecule has 2 rings (SSSR count). The van der Waals surface area contributed by atoms with Gasteiger partial charge < -0.3 is 5.32 Å². The molecule has 1 amide bonds. The Morgan fingerprint density at radius 1 is 1.05 bits per heavy atom. The molecule has 0 unspecified atom stereocenters. The number of halogens is 2. The van der Waals surface area contributed by atoms with E-state index in [-0.39, 0.29) is 17.8 Å². The van der Waals surface area contributed by atoms with Gasteiger partial charge >= 0.3 is 0 Å². The largest absolute Gasteiger partial charge is 0.345 e. The van der Waals surface area contributed by atoms with Crippen molar-refractivity contribution in [1.29, 1.82) is 0 Å². The van der Waals surface area contributed by atoms with Crippen LogP contribution in [0.3, 0.4) is 0 Å². The van der Waals surface area contributed by atoms with E-state index in [1.807, 2.05) is 24.3 Å². The Morgan fingerprint density at radius 2 is 1.53 bits per heavy atom. The highest BCUT2D eigenvalue weighted by atomic mass is 79.9. The van der Waals surface area contributed by atoms with E-state index in [0.29, 0.717) is 0 Å². The Labute approximate surface area is 119 Å². The van der Waals surface area contributed by atoms with Crippen molar-refractivity contribution >= 4 is 21.8 Å². The fraction of sp³-hybridized carbons (Fsp3) is 0.133. The van der Waals surface area contributed by atoms with E-state index in [2.05, 4.69) is 21.2 Å². The van der Waals surface area contributed by atoms with Crippen molar-refractivity contribution in [2.24, 2.45) is 0 Å². The molecule has 0 spiro atoms. The van der Waals surface area contributed by atoms with Crippen molar-refractivity contribution in [2.75, 3.05) is 0 Å². The van der Waals surface area contributed by atoms with Crippen LogP contribution in [0.1, 0.15) is 24.1 Å². The average molecular weight is 322 g/mol. The van der Waals surface area contributed by atoms with Gasteiger partial charge in [-0.2, -0.15) is 0 Å². The van der Waals surface area contributed by atoms with Crippen LogP contribution in [0.2, 0.25) is 0 Å². The first-order valence-electron chi connectivity index (χ1n) is 5.84. The van der Waals surface area contributed by atoms with E-state index < -0.39 is 0 Å². The van der Waals surface area contributed by atoms with Crippen LogP contribution in [0.25, 0.3) is 0 Å². The second-order valence-corrected chi connectivity index (χ2v) is 5.15. The molecule has 0 fully saturated rings. The summed E-state index contributed by atoms with van der Waals surface area (Å²) in [5.41, 5.74) is 1.80. The summed E-state index contributed by atoms with van der Waals surface area (Å²) in [4.78, 5) is 11.3. The van der Waals surface area contributed by atoms with Gasteiger partial charge in [-0.1, -0.05) is 40.2 Å². The summed E-state index contributed by atoms with van der Waals surface area (Å²) in [6.45, 7) is 1.47. The molecule has 0 radical (unpaired) electrons. The molecule has 19 heavy (non-hydrogen) atoms. The number of hydrogen-bond donors (Lipinski definition) is 1. The summed E-state index contributed by atoms with van der Waals surface area (Å²) in [7, 11) is 0. The zero-order valence-electron chi connectivity index (χ0n) is 10.4. The molecule has 0 saturated heterocycles. The van der Waals surface area contributed by atoms with Crippen LogP contribution in [-0.4, -0.2) is 5.91 Å². The molecule has 4 heteroatoms. The quantitative estimate of drug-likeness (QED) is 0.915. The molecule has 0 aliphatic carbocycles. The van der Waals surface area contributed by atoms with E-state index in [1.54, 1.807) is 12.1 Å². The van der Waals surface area contributed by atoms with Crippen LogP contribution in [0, 0.1) is 5.82 Å². The van der Waals surface area contributed by atoms with Crippen molar-refractivity contribution in [3.63, 3.8) is 0 Å². The molecule has 0 aromatic heterocycles. The highest BCUT2D eigenvalue weighted by Crippen LogP contribution is 2.24. The van der Waals surface area contributed by atoms with Gasteiger partial charge in [-0.3, -0.25) is 4.79 Å². The van der Waals surface area contributed by atoms with Crippen molar-refractivity contribution in [3.8, 4) is 0 Å². The topological polar surface area (TPSA) is 29.1 Å². The van der Waals surface area contributed by atoms with Gasteiger partial charge in [-0.05, 0) is 35.4 Å². The Morgan fingerprint density at radius 3 is 2.00 bits per heavy atom. The summed E-state index contributed by atoms with van der Waals surface area (Å²) in [5, 5.41) is 2.87. The van der Waals surface area contributed by atoms with Gasteiger partial charge in [0.1, 0.15) is 5.82 Å². The summed E-state index contributed by atoms with van der Waals surface area (Å²) in [6.07, 6.45) is 0. The molecular formula is C15H13BrFNO. The third-order valence-corrected chi connectivity index (χ3v) is 3.28. The lowest BCUT2D eigenvalue weighted by molar-refractivity contribution is -0.119. The molecule has 2 aromatic rings. The van der Waals surface area contributed by atoms with Crippen LogP contribution in [0.15, 0.2) is 53.0 Å². The Balaban J connectivity index is 2.37. The minimum Gasteiger partial charge on any atom is -0.345 e. The standard InChI is InChI=1S/C15H13BrFNO/c1-10(19)18-15(11-2-6-13(16)7-3-11)12-4-8-14(17)9-5-12/h2-9,15H,1H3,(H,18,19)/t15-/m1/s1. The zero-order chi connectivity index (χ0) is 13.8. The molecule has 98 valence electrons. The van der Waals surface area contributed by atoms with Gasteiger partial charge in [0, 0.05) is 11.4 Å². The Hall–Kier alpha value is -1.68. The first-order valence-corrected chi connectivity index (χ1v) is 6.63. The molecule has 1 atom stereocenters. The summed E-state index contributed by atoms with van der Waals surface area (Å²) in [6, 6.07) is 13.5. The summed E-state index contributed by atoms with van der Waals surface area (Å²) >= 11 is 3.37. The lowest BCUT2D eigenvalue weighted by Gasteiger charge is -2.19. The maximum absolute atomic E-state index is 13.0. The maximum Gasteiger partial charge on any atom is 0.217 e. The van der Waals surface area contributed by atoms with Gasteiger partial charge in [-0.25, -0.2) is 4.39 Å². The summed E-state index contributed by atoms with van der Waals surface area (Å²) < 4.78 is 13.9. The molecule has 0 saturated carbocycles. The molecular weight excluding hydrogens is 309 g/mol. The maximum atomic E-state index is 13.0. The van der Waals surface area contributed by atoms with Crippen LogP contribution < -0.4 is 5.32 Å². The number of benzene rings is 2. The molecule has 0 aliphatic rings. The van der Waals surface area contributed by atoms with Crippen LogP contribution in [-0.2, 0) is 4.79 Å². The predicted octanol–water partition coefficient (Wildman–Crippen LogP) is 3.81. The molecule has 0 aliphatic heterocycles. The Bertz CT molecular complexity index is 520. The smallest absolute Gasteiger partial charge is 0.217 e. The molecule has 2 aromatic carbocycles. The number of hydrogen-bond acceptors (Lipinski definition) is 1. The lowest BCUT2D eigenvalue weighted by atomic mass is 9.98. The van der Waals surface area contributed by atoms with Gasteiger partial charge in [0.15, 0.2) is 0 Å². The second-order valence-electron chi connectivity index (χ2n) is 4.24. The third kappa shape index (κ3) is 3.64. The van der Waals surface area contributed by atoms with Gasteiger partial charge in [0.25, 0.3) is 0 Å². The highest BCUT2D eigenvalue weighted by molar-refractivity contribution is 9.10. The van der Waals surface area contributed by atoms with Crippen molar-refractivity contribution < 1.29 is 9.18 Å². The minimum atomic E-state index is -0.291. The first kappa shape index (κ1) is 13.7. The molecule has 0 heterocycles. The number of carbonyl (C=O) groups is 1. The first-order chi connectivity index (χ1) is 9.06. The number of carbonyl (C=O) groups excluding carboxylic acids is 1. The van der Waals surface area contributed by atoms with E-state index in [4.69, 9.17) is 0 Å². The molecule has 2 nitrogen and oxygen atoms in total. The second kappa shape index (κ2) is 5.97. The zero-order valence-corrected chi connectivity index (χ0v) is 11.9. The van der Waals surface area contributed by atoms with E-state index in [0.717, 1.165) is 15.6 Å². The Kier molecular flexibility index (Phi) is 4.32. The van der Waals surface area contributed by atoms with E-state index >= 15 is 0 Å². The number of amides is 1. The average Bonchev–Trinajstić information content (AvgIpc) is 2.38. The SMILES string of the molecule is CC(=O)N[C@@H](c1ccc(F)cc1)c1ccc(Br)cc1. The number of rotatable bonds is 3. The van der Waals surface area contributed by atoms with Gasteiger partial charge in [0.2, 0.25) is 5.91 Å².